The molecule has 0 saturated heterocycles. The van der Waals surface area contributed by atoms with Crippen molar-refractivity contribution in [1.82, 2.24) is 5.32 Å². The van der Waals surface area contributed by atoms with E-state index < -0.39 is 0 Å². The van der Waals surface area contributed by atoms with Crippen LogP contribution in [0.4, 0.5) is 0 Å². The fourth-order valence-electron chi connectivity index (χ4n) is 1.68. The first-order valence-corrected chi connectivity index (χ1v) is 6.15. The first-order valence-electron chi connectivity index (χ1n) is 6.15. The van der Waals surface area contributed by atoms with E-state index in [0.717, 1.165) is 6.54 Å². The Bertz CT molecular complexity index is 390. The van der Waals surface area contributed by atoms with E-state index in [2.05, 4.69) is 67.8 Å². The van der Waals surface area contributed by atoms with Crippen molar-refractivity contribution >= 4 is 0 Å². The van der Waals surface area contributed by atoms with Crippen LogP contribution < -0.4 is 5.32 Å². The average molecular weight is 229 g/mol. The molecule has 0 spiro atoms. The van der Waals surface area contributed by atoms with Crippen LogP contribution >= 0.6 is 0 Å². The van der Waals surface area contributed by atoms with Gasteiger partial charge in [0.15, 0.2) is 0 Å². The van der Waals surface area contributed by atoms with Crippen LogP contribution in [0.3, 0.4) is 0 Å². The molecule has 0 aromatic carbocycles. The third kappa shape index (κ3) is 4.58. The maximum Gasteiger partial charge on any atom is 0.0140 e. The van der Waals surface area contributed by atoms with Gasteiger partial charge in [-0.15, -0.1) is 0 Å². The molecule has 0 aliphatic heterocycles. The van der Waals surface area contributed by atoms with Crippen molar-refractivity contribution in [1.29, 1.82) is 0 Å². The molecule has 0 heterocycles. The van der Waals surface area contributed by atoms with E-state index in [-0.39, 0.29) is 5.41 Å². The van der Waals surface area contributed by atoms with E-state index in [1.165, 1.54) is 11.1 Å². The van der Waals surface area contributed by atoms with Gasteiger partial charge >= 0.3 is 0 Å². The zero-order valence-corrected chi connectivity index (χ0v) is 11.3. The van der Waals surface area contributed by atoms with Crippen LogP contribution in [0, 0.1) is 5.41 Å². The Morgan fingerprint density at radius 3 is 2.76 bits per heavy atom. The molecule has 0 fully saturated rings. The van der Waals surface area contributed by atoms with Crippen molar-refractivity contribution in [2.24, 2.45) is 5.41 Å². The zero-order valence-electron chi connectivity index (χ0n) is 11.3. The van der Waals surface area contributed by atoms with Crippen LogP contribution in [0.15, 0.2) is 59.8 Å². The van der Waals surface area contributed by atoms with Gasteiger partial charge in [-0.1, -0.05) is 62.5 Å². The lowest BCUT2D eigenvalue weighted by Crippen LogP contribution is -2.05. The summed E-state index contributed by atoms with van der Waals surface area (Å²) >= 11 is 0. The summed E-state index contributed by atoms with van der Waals surface area (Å²) in [7, 11) is 1.96. The number of rotatable bonds is 4. The second-order valence-electron chi connectivity index (χ2n) is 4.85. The van der Waals surface area contributed by atoms with E-state index in [4.69, 9.17) is 0 Å². The fraction of sp³-hybridized carbons (Fsp3) is 0.375. The number of hydrogen-bond acceptors (Lipinski definition) is 1. The summed E-state index contributed by atoms with van der Waals surface area (Å²) in [5.74, 6) is 0. The van der Waals surface area contributed by atoms with Gasteiger partial charge in [0.25, 0.3) is 0 Å². The Kier molecular flexibility index (Phi) is 5.17. The third-order valence-electron chi connectivity index (χ3n) is 2.70. The summed E-state index contributed by atoms with van der Waals surface area (Å²) in [5, 5.41) is 3.15. The molecule has 0 aromatic heterocycles. The highest BCUT2D eigenvalue weighted by Crippen LogP contribution is 2.25. The molecule has 1 aliphatic carbocycles. The van der Waals surface area contributed by atoms with E-state index in [9.17, 15) is 0 Å². The Hall–Kier alpha value is -1.34. The highest BCUT2D eigenvalue weighted by atomic mass is 14.8. The number of hydrogen-bond donors (Lipinski definition) is 1. The van der Waals surface area contributed by atoms with Crippen molar-refractivity contribution < 1.29 is 0 Å². The lowest BCUT2D eigenvalue weighted by molar-refractivity contribution is 0.627. The van der Waals surface area contributed by atoms with Crippen LogP contribution in [0.1, 0.15) is 20.8 Å². The molecule has 0 radical (unpaired) electrons. The molecular formula is C16H23N. The second kappa shape index (κ2) is 6.41. The van der Waals surface area contributed by atoms with Crippen LogP contribution in [0.25, 0.3) is 0 Å². The molecular weight excluding hydrogens is 206 g/mol. The van der Waals surface area contributed by atoms with Crippen LogP contribution in [-0.2, 0) is 0 Å². The summed E-state index contributed by atoms with van der Waals surface area (Å²) in [4.78, 5) is 0. The first-order chi connectivity index (χ1) is 8.09. The predicted molar refractivity (Wildman–Crippen MR) is 77.0 cm³/mol. The molecule has 17 heavy (non-hydrogen) atoms. The Morgan fingerprint density at radius 1 is 1.35 bits per heavy atom. The number of likely N-dealkylation sites (N-methyl/N-ethyl adjacent to an activating group) is 1. The molecule has 1 nitrogen and oxygen atoms in total. The van der Waals surface area contributed by atoms with Crippen molar-refractivity contribution in [3.05, 3.63) is 59.8 Å². The Balaban J connectivity index is 2.97. The summed E-state index contributed by atoms with van der Waals surface area (Å²) in [6.07, 6.45) is 17.4. The van der Waals surface area contributed by atoms with Gasteiger partial charge in [0, 0.05) is 12.0 Å². The van der Waals surface area contributed by atoms with Gasteiger partial charge in [-0.3, -0.25) is 0 Å². The molecule has 1 N–H and O–H groups in total. The Labute approximate surface area is 105 Å². The van der Waals surface area contributed by atoms with Gasteiger partial charge in [-0.05, 0) is 25.1 Å². The smallest absolute Gasteiger partial charge is 0.0140 e. The van der Waals surface area contributed by atoms with E-state index >= 15 is 0 Å². The van der Waals surface area contributed by atoms with Crippen molar-refractivity contribution in [2.45, 2.75) is 20.8 Å². The molecule has 0 unspecified atom stereocenters. The normalized spacial score (nSPS) is 19.5. The molecule has 1 heteroatoms. The van der Waals surface area contributed by atoms with E-state index in [1.54, 1.807) is 0 Å². The fourth-order valence-corrected chi connectivity index (χ4v) is 1.68. The third-order valence-corrected chi connectivity index (χ3v) is 2.70. The molecule has 0 bridgehead atoms. The van der Waals surface area contributed by atoms with Gasteiger partial charge in [0.1, 0.15) is 0 Å². The topological polar surface area (TPSA) is 12.0 Å². The van der Waals surface area contributed by atoms with Crippen molar-refractivity contribution in [3.8, 4) is 0 Å². The summed E-state index contributed by atoms with van der Waals surface area (Å²) < 4.78 is 0. The highest BCUT2D eigenvalue weighted by molar-refractivity contribution is 5.49. The minimum absolute atomic E-state index is 0.141. The molecule has 0 aromatic rings. The maximum absolute atomic E-state index is 3.15. The molecule has 92 valence electrons. The maximum atomic E-state index is 3.15. The molecule has 0 amide bonds. The van der Waals surface area contributed by atoms with Crippen LogP contribution in [0.5, 0.6) is 0 Å². The van der Waals surface area contributed by atoms with Gasteiger partial charge in [-0.2, -0.15) is 0 Å². The standard InChI is InChI=1S/C16H23N/c1-5-7-14(10-13-17-4)15-8-6-11-16(2,3)12-9-15/h5-12,17H,13H2,1-4H3/b7-5-,14-10+. The minimum atomic E-state index is 0.141. The van der Waals surface area contributed by atoms with Gasteiger partial charge < -0.3 is 5.32 Å². The first kappa shape index (κ1) is 13.7. The molecule has 0 atom stereocenters. The number of allylic oxidation sites excluding steroid dienone is 9. The summed E-state index contributed by atoms with van der Waals surface area (Å²) in [5.41, 5.74) is 2.67. The zero-order chi connectivity index (χ0) is 12.7. The molecule has 0 saturated carbocycles. The van der Waals surface area contributed by atoms with Gasteiger partial charge in [-0.25, -0.2) is 0 Å². The Morgan fingerprint density at radius 2 is 2.12 bits per heavy atom. The largest absolute Gasteiger partial charge is 0.316 e. The lowest BCUT2D eigenvalue weighted by atomic mass is 9.92. The predicted octanol–water partition coefficient (Wildman–Crippen LogP) is 3.79. The van der Waals surface area contributed by atoms with E-state index in [1.807, 2.05) is 14.0 Å². The van der Waals surface area contributed by atoms with Gasteiger partial charge in [0.05, 0.1) is 0 Å². The van der Waals surface area contributed by atoms with E-state index in [0.29, 0.717) is 0 Å². The monoisotopic (exact) mass is 229 g/mol. The van der Waals surface area contributed by atoms with Crippen molar-refractivity contribution in [3.63, 3.8) is 0 Å². The second-order valence-corrected chi connectivity index (χ2v) is 4.85. The lowest BCUT2D eigenvalue weighted by Gasteiger charge is -2.12. The SMILES string of the molecule is C/C=C\C(=C/CNC)C1=CC=CC(C)(C)C=C1. The molecule has 1 aliphatic rings. The highest BCUT2D eigenvalue weighted by Gasteiger charge is 2.11. The van der Waals surface area contributed by atoms with Crippen molar-refractivity contribution in [2.75, 3.05) is 13.6 Å². The van der Waals surface area contributed by atoms with Crippen LogP contribution in [0.2, 0.25) is 0 Å². The average Bonchev–Trinajstić information content (AvgIpc) is 2.46. The number of nitrogens with one attached hydrogen (secondary N) is 1. The quantitative estimate of drug-likeness (QED) is 0.723. The van der Waals surface area contributed by atoms with Gasteiger partial charge in [0.2, 0.25) is 0 Å². The molecule has 1 rings (SSSR count). The summed E-state index contributed by atoms with van der Waals surface area (Å²) in [6.45, 7) is 7.36. The van der Waals surface area contributed by atoms with Crippen LogP contribution in [-0.4, -0.2) is 13.6 Å². The summed E-state index contributed by atoms with van der Waals surface area (Å²) in [6, 6.07) is 0. The minimum Gasteiger partial charge on any atom is -0.316 e.